The summed E-state index contributed by atoms with van der Waals surface area (Å²) in [4.78, 5) is 24.4. The minimum atomic E-state index is -1.04. The SMILES string of the molecule is Cc1c(C(=O)O)nc(-c2ccc3ccccc3n2)c2[nH]c3ccccc3c12. The molecule has 5 heteroatoms. The van der Waals surface area contributed by atoms with Crippen molar-refractivity contribution in [3.8, 4) is 11.4 Å². The number of pyridine rings is 2. The van der Waals surface area contributed by atoms with Gasteiger partial charge >= 0.3 is 5.97 Å². The number of aromatic amines is 1. The van der Waals surface area contributed by atoms with Gasteiger partial charge in [-0.15, -0.1) is 0 Å². The number of nitrogens with zero attached hydrogens (tertiary/aromatic N) is 2. The number of benzene rings is 2. The van der Waals surface area contributed by atoms with Gasteiger partial charge in [-0.25, -0.2) is 14.8 Å². The molecule has 0 radical (unpaired) electrons. The molecule has 0 atom stereocenters. The number of carbonyl (C=O) groups is 1. The lowest BCUT2D eigenvalue weighted by atomic mass is 10.0. The van der Waals surface area contributed by atoms with Crippen LogP contribution in [0, 0.1) is 6.92 Å². The van der Waals surface area contributed by atoms with Crippen molar-refractivity contribution >= 4 is 38.7 Å². The number of aromatic carboxylic acids is 1. The fourth-order valence-corrected chi connectivity index (χ4v) is 3.67. The summed E-state index contributed by atoms with van der Waals surface area (Å²) in [6, 6.07) is 19.6. The Morgan fingerprint density at radius 3 is 2.59 bits per heavy atom. The Bertz CT molecular complexity index is 1370. The molecule has 5 aromatic rings. The molecule has 0 unspecified atom stereocenters. The fraction of sp³-hybridized carbons (Fsp3) is 0.0455. The lowest BCUT2D eigenvalue weighted by Gasteiger charge is -2.09. The zero-order chi connectivity index (χ0) is 18.5. The number of H-pyrrole nitrogens is 1. The van der Waals surface area contributed by atoms with Gasteiger partial charge in [-0.3, -0.25) is 0 Å². The molecular weight excluding hydrogens is 338 g/mol. The first-order valence-corrected chi connectivity index (χ1v) is 8.64. The molecule has 5 nitrogen and oxygen atoms in total. The molecule has 0 aliphatic heterocycles. The van der Waals surface area contributed by atoms with E-state index in [2.05, 4.69) is 9.97 Å². The van der Waals surface area contributed by atoms with Gasteiger partial charge in [-0.1, -0.05) is 42.5 Å². The van der Waals surface area contributed by atoms with Crippen LogP contribution in [0.2, 0.25) is 0 Å². The molecule has 0 amide bonds. The lowest BCUT2D eigenvalue weighted by molar-refractivity contribution is 0.0690. The second-order valence-corrected chi connectivity index (χ2v) is 6.55. The Kier molecular flexibility index (Phi) is 3.24. The van der Waals surface area contributed by atoms with Gasteiger partial charge in [0.25, 0.3) is 0 Å². The minimum absolute atomic E-state index is 0.0530. The molecule has 130 valence electrons. The van der Waals surface area contributed by atoms with Crippen LogP contribution in [0.25, 0.3) is 44.1 Å². The van der Waals surface area contributed by atoms with Crippen molar-refractivity contribution < 1.29 is 9.90 Å². The highest BCUT2D eigenvalue weighted by molar-refractivity contribution is 6.14. The molecule has 2 N–H and O–H groups in total. The summed E-state index contributed by atoms with van der Waals surface area (Å²) < 4.78 is 0. The van der Waals surface area contributed by atoms with Crippen LogP contribution in [0.1, 0.15) is 16.1 Å². The minimum Gasteiger partial charge on any atom is -0.477 e. The maximum Gasteiger partial charge on any atom is 0.354 e. The van der Waals surface area contributed by atoms with Crippen molar-refractivity contribution in [1.29, 1.82) is 0 Å². The summed E-state index contributed by atoms with van der Waals surface area (Å²) in [5.41, 5.74) is 4.50. The molecule has 0 aliphatic rings. The normalized spacial score (nSPS) is 11.4. The van der Waals surface area contributed by atoms with Crippen LogP contribution in [0.5, 0.6) is 0 Å². The number of para-hydroxylation sites is 2. The Morgan fingerprint density at radius 2 is 1.74 bits per heavy atom. The quantitative estimate of drug-likeness (QED) is 0.471. The summed E-state index contributed by atoms with van der Waals surface area (Å²) in [6.45, 7) is 1.80. The summed E-state index contributed by atoms with van der Waals surface area (Å²) >= 11 is 0. The van der Waals surface area contributed by atoms with Gasteiger partial charge in [-0.05, 0) is 30.7 Å². The van der Waals surface area contributed by atoms with Crippen molar-refractivity contribution in [1.82, 2.24) is 15.0 Å². The topological polar surface area (TPSA) is 78.9 Å². The number of nitrogens with one attached hydrogen (secondary N) is 1. The molecule has 0 bridgehead atoms. The molecule has 0 spiro atoms. The third kappa shape index (κ3) is 2.29. The number of aryl methyl sites for hydroxylation is 1. The lowest BCUT2D eigenvalue weighted by Crippen LogP contribution is -2.06. The Labute approximate surface area is 154 Å². The smallest absolute Gasteiger partial charge is 0.354 e. The fourth-order valence-electron chi connectivity index (χ4n) is 3.67. The second kappa shape index (κ2) is 5.64. The van der Waals surface area contributed by atoms with E-state index in [1.807, 2.05) is 60.7 Å². The van der Waals surface area contributed by atoms with Gasteiger partial charge < -0.3 is 10.1 Å². The highest BCUT2D eigenvalue weighted by Crippen LogP contribution is 2.35. The first kappa shape index (κ1) is 15.5. The van der Waals surface area contributed by atoms with Crippen LogP contribution in [0.4, 0.5) is 0 Å². The predicted molar refractivity (Wildman–Crippen MR) is 106 cm³/mol. The van der Waals surface area contributed by atoms with Crippen molar-refractivity contribution in [3.05, 3.63) is 71.9 Å². The third-order valence-corrected chi connectivity index (χ3v) is 4.94. The van der Waals surface area contributed by atoms with E-state index in [9.17, 15) is 9.90 Å². The highest BCUT2D eigenvalue weighted by Gasteiger charge is 2.21. The summed E-state index contributed by atoms with van der Waals surface area (Å²) in [6.07, 6.45) is 0. The van der Waals surface area contributed by atoms with E-state index in [1.165, 1.54) is 0 Å². The molecule has 0 fully saturated rings. The van der Waals surface area contributed by atoms with Crippen LogP contribution >= 0.6 is 0 Å². The number of fused-ring (bicyclic) bond motifs is 4. The zero-order valence-electron chi connectivity index (χ0n) is 14.5. The maximum atomic E-state index is 11.8. The van der Waals surface area contributed by atoms with Crippen molar-refractivity contribution in [2.24, 2.45) is 0 Å². The van der Waals surface area contributed by atoms with Crippen molar-refractivity contribution in [2.45, 2.75) is 6.92 Å². The van der Waals surface area contributed by atoms with Crippen LogP contribution in [0.3, 0.4) is 0 Å². The Hall–Kier alpha value is -3.73. The van der Waals surface area contributed by atoms with Crippen LogP contribution < -0.4 is 0 Å². The third-order valence-electron chi connectivity index (χ3n) is 4.94. The molecule has 3 heterocycles. The van der Waals surface area contributed by atoms with Crippen LogP contribution in [0.15, 0.2) is 60.7 Å². The van der Waals surface area contributed by atoms with Gasteiger partial charge in [0.1, 0.15) is 5.69 Å². The Morgan fingerprint density at radius 1 is 0.963 bits per heavy atom. The zero-order valence-corrected chi connectivity index (χ0v) is 14.5. The number of hydrogen-bond acceptors (Lipinski definition) is 3. The van der Waals surface area contributed by atoms with E-state index in [4.69, 9.17) is 4.98 Å². The number of aromatic nitrogens is 3. The molecular formula is C22H15N3O2. The number of hydrogen-bond donors (Lipinski definition) is 2. The predicted octanol–water partition coefficient (Wildman–Crippen LogP) is 4.94. The molecule has 0 saturated carbocycles. The van der Waals surface area contributed by atoms with Gasteiger partial charge in [-0.2, -0.15) is 0 Å². The van der Waals surface area contributed by atoms with E-state index in [1.54, 1.807) is 6.92 Å². The maximum absolute atomic E-state index is 11.8. The molecule has 0 saturated heterocycles. The molecule has 0 aliphatic carbocycles. The van der Waals surface area contributed by atoms with Crippen molar-refractivity contribution in [3.63, 3.8) is 0 Å². The van der Waals surface area contributed by atoms with Gasteiger partial charge in [0.15, 0.2) is 5.69 Å². The first-order valence-electron chi connectivity index (χ1n) is 8.64. The van der Waals surface area contributed by atoms with Gasteiger partial charge in [0.05, 0.1) is 16.7 Å². The van der Waals surface area contributed by atoms with Crippen LogP contribution in [-0.2, 0) is 0 Å². The standard InChI is InChI=1S/C22H15N3O2/c1-12-18-14-7-3-5-9-16(14)24-21(18)20(25-19(12)22(26)27)17-11-10-13-6-2-4-8-15(13)23-17/h2-11,24H,1H3,(H,26,27). The summed E-state index contributed by atoms with van der Waals surface area (Å²) in [7, 11) is 0. The average molecular weight is 353 g/mol. The van der Waals surface area contributed by atoms with E-state index < -0.39 is 5.97 Å². The van der Waals surface area contributed by atoms with E-state index >= 15 is 0 Å². The first-order chi connectivity index (χ1) is 13.1. The van der Waals surface area contributed by atoms with Crippen LogP contribution in [-0.4, -0.2) is 26.0 Å². The number of rotatable bonds is 2. The van der Waals surface area contributed by atoms with E-state index in [0.717, 1.165) is 32.7 Å². The molecule has 5 rings (SSSR count). The van der Waals surface area contributed by atoms with Crippen molar-refractivity contribution in [2.75, 3.05) is 0 Å². The Balaban J connectivity index is 1.92. The number of carboxylic acids is 1. The van der Waals surface area contributed by atoms with Gasteiger partial charge in [0.2, 0.25) is 0 Å². The number of carboxylic acid groups (broad SMARTS) is 1. The molecule has 3 aromatic heterocycles. The van der Waals surface area contributed by atoms with E-state index in [-0.39, 0.29) is 5.69 Å². The average Bonchev–Trinajstić information content (AvgIpc) is 3.08. The largest absolute Gasteiger partial charge is 0.477 e. The van der Waals surface area contributed by atoms with E-state index in [0.29, 0.717) is 17.0 Å². The van der Waals surface area contributed by atoms with Gasteiger partial charge in [0, 0.05) is 21.7 Å². The summed E-state index contributed by atoms with van der Waals surface area (Å²) in [5.74, 6) is -1.04. The molecule has 27 heavy (non-hydrogen) atoms. The summed E-state index contributed by atoms with van der Waals surface area (Å²) in [5, 5.41) is 12.6. The highest BCUT2D eigenvalue weighted by atomic mass is 16.4. The second-order valence-electron chi connectivity index (χ2n) is 6.55. The monoisotopic (exact) mass is 353 g/mol. The molecule has 2 aromatic carbocycles.